The summed E-state index contributed by atoms with van der Waals surface area (Å²) in [6.45, 7) is 0.857. The number of hydrogen-bond acceptors (Lipinski definition) is 5. The third-order valence-corrected chi connectivity index (χ3v) is 3.11. The average Bonchev–Trinajstić information content (AvgIpc) is 2.38. The second-order valence-corrected chi connectivity index (χ2v) is 4.11. The van der Waals surface area contributed by atoms with Crippen LogP contribution in [0.1, 0.15) is 19.3 Å². The monoisotopic (exact) mass is 239 g/mol. The molecule has 0 amide bonds. The van der Waals surface area contributed by atoms with Crippen LogP contribution < -0.4 is 15.2 Å². The van der Waals surface area contributed by atoms with Crippen LogP contribution in [0, 0.1) is 0 Å². The predicted octanol–water partition coefficient (Wildman–Crippen LogP) is 0.130. The molecular formula is C11H17N3O3. The first-order valence-corrected chi connectivity index (χ1v) is 5.77. The Morgan fingerprint density at radius 1 is 1.65 bits per heavy atom. The Morgan fingerprint density at radius 2 is 2.47 bits per heavy atom. The molecular weight excluding hydrogens is 222 g/mol. The minimum absolute atomic E-state index is 0.0203. The number of aliphatic hydroxyl groups is 1. The van der Waals surface area contributed by atoms with Crippen molar-refractivity contribution in [2.24, 2.45) is 0 Å². The van der Waals surface area contributed by atoms with Gasteiger partial charge in [-0.1, -0.05) is 0 Å². The first-order valence-electron chi connectivity index (χ1n) is 5.77. The number of methoxy groups -OCH3 is 1. The second kappa shape index (κ2) is 5.18. The fraction of sp³-hybridized carbons (Fsp3) is 0.636. The van der Waals surface area contributed by atoms with Crippen molar-refractivity contribution >= 4 is 5.82 Å². The van der Waals surface area contributed by atoms with Crippen LogP contribution in [0.3, 0.4) is 0 Å². The number of ether oxygens (including phenoxy) is 1. The molecule has 1 unspecified atom stereocenters. The molecule has 1 atom stereocenters. The predicted molar refractivity (Wildman–Crippen MR) is 63.5 cm³/mol. The van der Waals surface area contributed by atoms with Crippen LogP contribution in [0.15, 0.2) is 11.1 Å². The van der Waals surface area contributed by atoms with E-state index in [1.807, 2.05) is 4.90 Å². The van der Waals surface area contributed by atoms with Crippen molar-refractivity contribution in [1.29, 1.82) is 0 Å². The number of nitrogens with one attached hydrogen (secondary N) is 1. The first kappa shape index (κ1) is 11.9. The highest BCUT2D eigenvalue weighted by Crippen LogP contribution is 2.27. The zero-order valence-corrected chi connectivity index (χ0v) is 9.85. The summed E-state index contributed by atoms with van der Waals surface area (Å²) >= 11 is 0. The molecule has 2 heterocycles. The van der Waals surface area contributed by atoms with Gasteiger partial charge < -0.3 is 19.7 Å². The van der Waals surface area contributed by atoms with Gasteiger partial charge in [0, 0.05) is 6.54 Å². The van der Waals surface area contributed by atoms with Gasteiger partial charge in [0.2, 0.25) is 5.75 Å². The van der Waals surface area contributed by atoms with Crippen LogP contribution in [-0.2, 0) is 0 Å². The number of anilines is 1. The molecule has 6 heteroatoms. The molecule has 6 nitrogen and oxygen atoms in total. The molecule has 0 aromatic carbocycles. The summed E-state index contributed by atoms with van der Waals surface area (Å²) in [7, 11) is 1.45. The van der Waals surface area contributed by atoms with Gasteiger partial charge in [0.25, 0.3) is 5.56 Å². The molecule has 1 aliphatic heterocycles. The van der Waals surface area contributed by atoms with Crippen molar-refractivity contribution in [3.8, 4) is 5.75 Å². The lowest BCUT2D eigenvalue weighted by atomic mass is 10.0. The van der Waals surface area contributed by atoms with Crippen LogP contribution in [0.25, 0.3) is 0 Å². The van der Waals surface area contributed by atoms with Gasteiger partial charge >= 0.3 is 0 Å². The molecule has 0 spiro atoms. The number of piperidine rings is 1. The number of aliphatic hydroxyl groups excluding tert-OH is 1. The first-order chi connectivity index (χ1) is 8.27. The summed E-state index contributed by atoms with van der Waals surface area (Å²) < 4.78 is 5.09. The minimum atomic E-state index is -0.292. The lowest BCUT2D eigenvalue weighted by molar-refractivity contribution is 0.238. The van der Waals surface area contributed by atoms with Crippen molar-refractivity contribution in [2.75, 3.05) is 25.2 Å². The highest BCUT2D eigenvalue weighted by molar-refractivity contribution is 5.51. The number of H-pyrrole nitrogens is 1. The molecule has 0 saturated carbocycles. The molecule has 1 aromatic heterocycles. The Morgan fingerprint density at radius 3 is 3.18 bits per heavy atom. The molecule has 0 aliphatic carbocycles. The van der Waals surface area contributed by atoms with E-state index in [1.54, 1.807) is 0 Å². The summed E-state index contributed by atoms with van der Waals surface area (Å²) in [5.74, 6) is 0.739. The van der Waals surface area contributed by atoms with Crippen LogP contribution in [0.5, 0.6) is 5.75 Å². The average molecular weight is 239 g/mol. The highest BCUT2D eigenvalue weighted by atomic mass is 16.5. The van der Waals surface area contributed by atoms with Crippen molar-refractivity contribution in [2.45, 2.75) is 25.3 Å². The van der Waals surface area contributed by atoms with E-state index < -0.39 is 0 Å². The molecule has 17 heavy (non-hydrogen) atoms. The summed E-state index contributed by atoms with van der Waals surface area (Å²) in [5.41, 5.74) is -0.292. The van der Waals surface area contributed by atoms with Gasteiger partial charge in [-0.3, -0.25) is 4.79 Å². The van der Waals surface area contributed by atoms with Crippen LogP contribution >= 0.6 is 0 Å². The number of nitrogens with zero attached hydrogens (tertiary/aromatic N) is 2. The third kappa shape index (κ3) is 2.26. The molecule has 2 N–H and O–H groups in total. The molecule has 94 valence electrons. The number of hydrogen-bond donors (Lipinski definition) is 2. The molecule has 1 aromatic rings. The van der Waals surface area contributed by atoms with Gasteiger partial charge in [0.05, 0.1) is 26.1 Å². The Kier molecular flexibility index (Phi) is 3.63. The Hall–Kier alpha value is -1.56. The zero-order valence-electron chi connectivity index (χ0n) is 9.85. The Bertz CT molecular complexity index is 432. The van der Waals surface area contributed by atoms with Gasteiger partial charge in [0.1, 0.15) is 0 Å². The van der Waals surface area contributed by atoms with Gasteiger partial charge in [-0.2, -0.15) is 0 Å². The highest BCUT2D eigenvalue weighted by Gasteiger charge is 2.26. The topological polar surface area (TPSA) is 78.5 Å². The van der Waals surface area contributed by atoms with E-state index >= 15 is 0 Å². The summed E-state index contributed by atoms with van der Waals surface area (Å²) in [6, 6.07) is 0.0203. The number of aromatic nitrogens is 2. The maximum atomic E-state index is 11.6. The van der Waals surface area contributed by atoms with Gasteiger partial charge in [-0.05, 0) is 19.3 Å². The Balaban J connectivity index is 2.37. The van der Waals surface area contributed by atoms with Gasteiger partial charge in [-0.25, -0.2) is 4.98 Å². The van der Waals surface area contributed by atoms with E-state index in [1.165, 1.54) is 13.4 Å². The summed E-state index contributed by atoms with van der Waals surface area (Å²) in [6.07, 6.45) is 4.40. The lowest BCUT2D eigenvalue weighted by Gasteiger charge is -2.35. The van der Waals surface area contributed by atoms with Crippen LogP contribution in [0.2, 0.25) is 0 Å². The van der Waals surface area contributed by atoms with E-state index in [0.717, 1.165) is 25.8 Å². The third-order valence-electron chi connectivity index (χ3n) is 3.11. The van der Waals surface area contributed by atoms with Gasteiger partial charge in [0.15, 0.2) is 5.82 Å². The van der Waals surface area contributed by atoms with E-state index in [9.17, 15) is 9.90 Å². The molecule has 0 bridgehead atoms. The Labute approximate surface area is 99.2 Å². The lowest BCUT2D eigenvalue weighted by Crippen LogP contribution is -2.43. The van der Waals surface area contributed by atoms with Crippen molar-refractivity contribution in [1.82, 2.24) is 9.97 Å². The minimum Gasteiger partial charge on any atom is -0.489 e. The smallest absolute Gasteiger partial charge is 0.295 e. The summed E-state index contributed by atoms with van der Waals surface area (Å²) in [5, 5.41) is 9.36. The normalized spacial score (nSPS) is 20.4. The second-order valence-electron chi connectivity index (χ2n) is 4.11. The number of aromatic amines is 1. The zero-order chi connectivity index (χ0) is 12.3. The number of rotatable bonds is 3. The quantitative estimate of drug-likeness (QED) is 0.784. The molecule has 1 aliphatic rings. The van der Waals surface area contributed by atoms with Crippen molar-refractivity contribution in [3.05, 3.63) is 16.7 Å². The van der Waals surface area contributed by atoms with E-state index in [-0.39, 0.29) is 24.0 Å². The molecule has 0 radical (unpaired) electrons. The maximum Gasteiger partial charge on any atom is 0.295 e. The van der Waals surface area contributed by atoms with E-state index in [0.29, 0.717) is 5.82 Å². The van der Waals surface area contributed by atoms with E-state index in [4.69, 9.17) is 4.74 Å². The molecule has 1 fully saturated rings. The van der Waals surface area contributed by atoms with Crippen molar-refractivity contribution in [3.63, 3.8) is 0 Å². The van der Waals surface area contributed by atoms with Crippen LogP contribution in [0.4, 0.5) is 5.82 Å². The fourth-order valence-corrected chi connectivity index (χ4v) is 2.24. The standard InChI is InChI=1S/C11H17N3O3/c1-17-9-10(12-7-13-11(9)16)14-5-3-2-4-8(14)6-15/h7-8,15H,2-6H2,1H3,(H,12,13,16). The fourth-order valence-electron chi connectivity index (χ4n) is 2.24. The summed E-state index contributed by atoms with van der Waals surface area (Å²) in [4.78, 5) is 20.2. The SMILES string of the molecule is COc1c(N2CCCCC2CO)nc[nH]c1=O. The molecule has 2 rings (SSSR count). The van der Waals surface area contributed by atoms with E-state index in [2.05, 4.69) is 9.97 Å². The largest absolute Gasteiger partial charge is 0.489 e. The van der Waals surface area contributed by atoms with Gasteiger partial charge in [-0.15, -0.1) is 0 Å². The molecule has 1 saturated heterocycles. The van der Waals surface area contributed by atoms with Crippen LogP contribution in [-0.4, -0.2) is 41.4 Å². The van der Waals surface area contributed by atoms with Crippen molar-refractivity contribution < 1.29 is 9.84 Å². The maximum absolute atomic E-state index is 11.6.